The highest BCUT2D eigenvalue weighted by molar-refractivity contribution is 5.95. The molecule has 2 aromatic rings. The molecule has 0 saturated carbocycles. The van der Waals surface area contributed by atoms with Gasteiger partial charge in [-0.3, -0.25) is 9.59 Å². The number of hydrogen-bond acceptors (Lipinski definition) is 4. The van der Waals surface area contributed by atoms with Crippen molar-refractivity contribution in [2.45, 2.75) is 19.8 Å². The number of Topliss-reactive ketones (excluding diaryl/α,β-unsaturated/α-hetero) is 1. The summed E-state index contributed by atoms with van der Waals surface area (Å²) in [4.78, 5) is 25.8. The number of carbonyl (C=O) groups is 2. The Balaban J connectivity index is 0.00000364. The highest BCUT2D eigenvalue weighted by atomic mass is 35.5. The molecule has 2 aromatic carbocycles. The lowest BCUT2D eigenvalue weighted by Gasteiger charge is -2.22. The normalized spacial score (nSPS) is 10.0. The average molecular weight is 391 g/mol. The van der Waals surface area contributed by atoms with E-state index in [4.69, 9.17) is 10.5 Å². The maximum absolute atomic E-state index is 12.4. The van der Waals surface area contributed by atoms with E-state index in [1.54, 1.807) is 29.2 Å². The second-order valence-corrected chi connectivity index (χ2v) is 5.99. The Morgan fingerprint density at radius 3 is 2.26 bits per heavy atom. The van der Waals surface area contributed by atoms with Crippen molar-refractivity contribution in [3.63, 3.8) is 0 Å². The molecule has 0 unspecified atom stereocenters. The summed E-state index contributed by atoms with van der Waals surface area (Å²) in [5.41, 5.74) is 7.47. The smallest absolute Gasteiger partial charge is 0.260 e. The highest BCUT2D eigenvalue weighted by Gasteiger charge is 2.14. The summed E-state index contributed by atoms with van der Waals surface area (Å²) in [5, 5.41) is 0. The lowest BCUT2D eigenvalue weighted by atomic mass is 10.1. The van der Waals surface area contributed by atoms with Gasteiger partial charge in [0.05, 0.1) is 0 Å². The molecule has 146 valence electrons. The van der Waals surface area contributed by atoms with E-state index in [1.165, 1.54) is 5.56 Å². The van der Waals surface area contributed by atoms with E-state index in [0.717, 1.165) is 6.42 Å². The van der Waals surface area contributed by atoms with Crippen molar-refractivity contribution >= 4 is 24.1 Å². The fourth-order valence-electron chi connectivity index (χ4n) is 2.60. The molecule has 0 spiro atoms. The molecular weight excluding hydrogens is 364 g/mol. The first kappa shape index (κ1) is 22.7. The van der Waals surface area contributed by atoms with Crippen LogP contribution in [0.15, 0.2) is 54.6 Å². The largest absolute Gasteiger partial charge is 0.484 e. The van der Waals surface area contributed by atoms with Crippen LogP contribution in [0.25, 0.3) is 0 Å². The number of amides is 1. The fourth-order valence-corrected chi connectivity index (χ4v) is 2.60. The van der Waals surface area contributed by atoms with Gasteiger partial charge >= 0.3 is 0 Å². The van der Waals surface area contributed by atoms with Gasteiger partial charge in [0.25, 0.3) is 5.91 Å². The molecule has 5 nitrogen and oxygen atoms in total. The monoisotopic (exact) mass is 390 g/mol. The summed E-state index contributed by atoms with van der Waals surface area (Å²) in [6, 6.07) is 16.9. The number of rotatable bonds is 10. The topological polar surface area (TPSA) is 72.6 Å². The number of halogens is 1. The van der Waals surface area contributed by atoms with E-state index >= 15 is 0 Å². The molecule has 0 radical (unpaired) electrons. The van der Waals surface area contributed by atoms with Crippen LogP contribution in [-0.2, 0) is 11.2 Å². The predicted molar refractivity (Wildman–Crippen MR) is 110 cm³/mol. The molecule has 0 aliphatic heterocycles. The van der Waals surface area contributed by atoms with Crippen LogP contribution in [0.4, 0.5) is 0 Å². The molecule has 6 heteroatoms. The highest BCUT2D eigenvalue weighted by Crippen LogP contribution is 2.13. The van der Waals surface area contributed by atoms with Crippen molar-refractivity contribution in [1.29, 1.82) is 0 Å². The van der Waals surface area contributed by atoms with E-state index in [0.29, 0.717) is 37.4 Å². The van der Waals surface area contributed by atoms with Crippen LogP contribution in [0.2, 0.25) is 0 Å². The number of nitrogens with zero attached hydrogens (tertiary/aromatic N) is 1. The predicted octanol–water partition coefficient (Wildman–Crippen LogP) is 3.11. The molecule has 0 atom stereocenters. The minimum atomic E-state index is -0.0971. The molecule has 27 heavy (non-hydrogen) atoms. The van der Waals surface area contributed by atoms with Crippen molar-refractivity contribution in [1.82, 2.24) is 4.90 Å². The molecule has 0 heterocycles. The van der Waals surface area contributed by atoms with Crippen molar-refractivity contribution in [3.05, 3.63) is 65.7 Å². The maximum atomic E-state index is 12.4. The Bertz CT molecular complexity index is 705. The lowest BCUT2D eigenvalue weighted by Crippen LogP contribution is -2.39. The van der Waals surface area contributed by atoms with Gasteiger partial charge in [-0.25, -0.2) is 0 Å². The summed E-state index contributed by atoms with van der Waals surface area (Å²) >= 11 is 0. The van der Waals surface area contributed by atoms with Gasteiger partial charge in [0.15, 0.2) is 12.4 Å². The zero-order valence-corrected chi connectivity index (χ0v) is 16.4. The standard InChI is InChI=1S/C21H26N2O3.ClH/c1-2-20(24)18-8-10-19(11-9-18)26-16-21(25)23(15-13-22)14-12-17-6-4-3-5-7-17;/h3-11H,2,12-16,22H2,1H3;1H. The zero-order chi connectivity index (χ0) is 18.8. The van der Waals surface area contributed by atoms with E-state index in [1.807, 2.05) is 37.3 Å². The third-order valence-electron chi connectivity index (χ3n) is 4.12. The van der Waals surface area contributed by atoms with Crippen LogP contribution in [0.5, 0.6) is 5.75 Å². The van der Waals surface area contributed by atoms with Gasteiger partial charge in [-0.2, -0.15) is 0 Å². The van der Waals surface area contributed by atoms with Gasteiger partial charge in [-0.05, 0) is 36.2 Å². The first-order chi connectivity index (χ1) is 12.6. The van der Waals surface area contributed by atoms with Gasteiger partial charge in [0.1, 0.15) is 5.75 Å². The third kappa shape index (κ3) is 7.41. The first-order valence-electron chi connectivity index (χ1n) is 8.92. The number of ether oxygens (including phenoxy) is 1. The van der Waals surface area contributed by atoms with Gasteiger partial charge in [-0.1, -0.05) is 37.3 Å². The fraction of sp³-hybridized carbons (Fsp3) is 0.333. The molecule has 0 fully saturated rings. The minimum absolute atomic E-state index is 0. The van der Waals surface area contributed by atoms with Gasteiger partial charge < -0.3 is 15.4 Å². The van der Waals surface area contributed by atoms with Gasteiger partial charge in [-0.15, -0.1) is 12.4 Å². The molecule has 0 aliphatic rings. The zero-order valence-electron chi connectivity index (χ0n) is 15.6. The van der Waals surface area contributed by atoms with Crippen LogP contribution in [0.1, 0.15) is 29.3 Å². The summed E-state index contributed by atoms with van der Waals surface area (Å²) in [6.45, 7) is 3.30. The second-order valence-electron chi connectivity index (χ2n) is 5.99. The Hall–Kier alpha value is -2.37. The van der Waals surface area contributed by atoms with E-state index in [2.05, 4.69) is 0 Å². The van der Waals surface area contributed by atoms with Crippen molar-refractivity contribution < 1.29 is 14.3 Å². The van der Waals surface area contributed by atoms with E-state index in [9.17, 15) is 9.59 Å². The quantitative estimate of drug-likeness (QED) is 0.632. The number of benzene rings is 2. The van der Waals surface area contributed by atoms with E-state index in [-0.39, 0.29) is 30.7 Å². The summed E-state index contributed by atoms with van der Waals surface area (Å²) in [5.74, 6) is 0.560. The molecule has 2 N–H and O–H groups in total. The minimum Gasteiger partial charge on any atom is -0.484 e. The van der Waals surface area contributed by atoms with Crippen LogP contribution in [-0.4, -0.2) is 42.8 Å². The molecule has 0 aliphatic carbocycles. The molecule has 0 saturated heterocycles. The Morgan fingerprint density at radius 1 is 1.00 bits per heavy atom. The third-order valence-corrected chi connectivity index (χ3v) is 4.12. The molecular formula is C21H27ClN2O3. The van der Waals surface area contributed by atoms with Gasteiger partial charge in [0.2, 0.25) is 0 Å². The molecule has 2 rings (SSSR count). The Morgan fingerprint density at radius 2 is 1.67 bits per heavy atom. The number of carbonyl (C=O) groups excluding carboxylic acids is 2. The van der Waals surface area contributed by atoms with Crippen LogP contribution < -0.4 is 10.5 Å². The Labute approximate surface area is 166 Å². The Kier molecular flexibility index (Phi) is 10.2. The summed E-state index contributed by atoms with van der Waals surface area (Å²) in [6.07, 6.45) is 1.24. The maximum Gasteiger partial charge on any atom is 0.260 e. The van der Waals surface area contributed by atoms with Gasteiger partial charge in [0, 0.05) is 31.6 Å². The van der Waals surface area contributed by atoms with Crippen molar-refractivity contribution in [2.75, 3.05) is 26.2 Å². The molecule has 0 aromatic heterocycles. The number of nitrogens with two attached hydrogens (primary N) is 1. The summed E-state index contributed by atoms with van der Waals surface area (Å²) < 4.78 is 5.57. The number of hydrogen-bond donors (Lipinski definition) is 1. The SMILES string of the molecule is CCC(=O)c1ccc(OCC(=O)N(CCN)CCc2ccccc2)cc1.Cl. The lowest BCUT2D eigenvalue weighted by molar-refractivity contribution is -0.133. The summed E-state index contributed by atoms with van der Waals surface area (Å²) in [7, 11) is 0. The van der Waals surface area contributed by atoms with Crippen molar-refractivity contribution in [2.24, 2.45) is 5.73 Å². The number of ketones is 1. The molecule has 1 amide bonds. The van der Waals surface area contributed by atoms with Crippen LogP contribution in [0, 0.1) is 0 Å². The van der Waals surface area contributed by atoms with Crippen LogP contribution >= 0.6 is 12.4 Å². The average Bonchev–Trinajstić information content (AvgIpc) is 2.69. The first-order valence-corrected chi connectivity index (χ1v) is 8.92. The van der Waals surface area contributed by atoms with E-state index < -0.39 is 0 Å². The molecule has 0 bridgehead atoms. The van der Waals surface area contributed by atoms with Crippen LogP contribution in [0.3, 0.4) is 0 Å². The second kappa shape index (κ2) is 12.1. The van der Waals surface area contributed by atoms with Crippen molar-refractivity contribution in [3.8, 4) is 5.75 Å².